The van der Waals surface area contributed by atoms with E-state index in [4.69, 9.17) is 0 Å². The number of hydrogen-bond donors (Lipinski definition) is 1. The van der Waals surface area contributed by atoms with E-state index in [1.54, 1.807) is 0 Å². The monoisotopic (exact) mass is 199 g/mol. The number of amides is 1. The van der Waals surface area contributed by atoms with Gasteiger partial charge in [0.1, 0.15) is 0 Å². The number of carbonyl (C=O) groups excluding carboxylic acids is 2. The van der Waals surface area contributed by atoms with Crippen LogP contribution in [0.3, 0.4) is 0 Å². The van der Waals surface area contributed by atoms with E-state index in [0.717, 1.165) is 0 Å². The summed E-state index contributed by atoms with van der Waals surface area (Å²) in [6.45, 7) is 0. The highest BCUT2D eigenvalue weighted by molar-refractivity contribution is 5.83. The third-order valence-electron chi connectivity index (χ3n) is 3.20. The van der Waals surface area contributed by atoms with Gasteiger partial charge in [0.05, 0.1) is 19.6 Å². The van der Waals surface area contributed by atoms with Gasteiger partial charge in [0.2, 0.25) is 0 Å². The average Bonchev–Trinajstić information content (AvgIpc) is 2.07. The molecule has 5 heteroatoms. The highest BCUT2D eigenvalue weighted by Crippen LogP contribution is 2.67. The SMILES string of the molecule is COC(=O)NC12CC(C(=O)OC)(C1)C2. The minimum absolute atomic E-state index is 0.161. The van der Waals surface area contributed by atoms with Gasteiger partial charge in [-0.1, -0.05) is 0 Å². The molecule has 0 aliphatic heterocycles. The predicted octanol–water partition coefficient (Wildman–Crippen LogP) is 0.438. The molecule has 14 heavy (non-hydrogen) atoms. The molecule has 0 aromatic carbocycles. The zero-order chi connectivity index (χ0) is 10.4. The van der Waals surface area contributed by atoms with Crippen LogP contribution in [-0.2, 0) is 14.3 Å². The second kappa shape index (κ2) is 2.62. The van der Waals surface area contributed by atoms with Gasteiger partial charge in [-0.3, -0.25) is 4.79 Å². The Morgan fingerprint density at radius 3 is 2.14 bits per heavy atom. The first-order valence-electron chi connectivity index (χ1n) is 4.50. The molecule has 0 unspecified atom stereocenters. The second-order valence-corrected chi connectivity index (χ2v) is 4.20. The van der Waals surface area contributed by atoms with E-state index in [2.05, 4.69) is 14.8 Å². The van der Waals surface area contributed by atoms with E-state index in [0.29, 0.717) is 19.3 Å². The number of methoxy groups -OCH3 is 2. The van der Waals surface area contributed by atoms with Gasteiger partial charge in [-0.25, -0.2) is 4.79 Å². The summed E-state index contributed by atoms with van der Waals surface area (Å²) in [5.74, 6) is -0.161. The molecule has 0 heterocycles. The molecule has 2 bridgehead atoms. The van der Waals surface area contributed by atoms with Crippen molar-refractivity contribution in [1.29, 1.82) is 0 Å². The molecular formula is C9H13NO4. The second-order valence-electron chi connectivity index (χ2n) is 4.20. The van der Waals surface area contributed by atoms with Gasteiger partial charge in [0.15, 0.2) is 0 Å². The maximum absolute atomic E-state index is 11.3. The summed E-state index contributed by atoms with van der Waals surface area (Å²) in [7, 11) is 2.72. The normalized spacial score (nSPS) is 37.6. The van der Waals surface area contributed by atoms with Gasteiger partial charge in [0.25, 0.3) is 0 Å². The first-order valence-corrected chi connectivity index (χ1v) is 4.50. The molecule has 0 aromatic rings. The van der Waals surface area contributed by atoms with Crippen molar-refractivity contribution in [3.05, 3.63) is 0 Å². The van der Waals surface area contributed by atoms with Crippen molar-refractivity contribution in [2.24, 2.45) is 5.41 Å². The van der Waals surface area contributed by atoms with Crippen LogP contribution in [0.5, 0.6) is 0 Å². The Balaban J connectivity index is 1.88. The van der Waals surface area contributed by atoms with Crippen LogP contribution in [0.25, 0.3) is 0 Å². The molecule has 3 aliphatic carbocycles. The number of carbonyl (C=O) groups is 2. The maximum Gasteiger partial charge on any atom is 0.407 e. The van der Waals surface area contributed by atoms with Crippen molar-refractivity contribution in [1.82, 2.24) is 5.32 Å². The van der Waals surface area contributed by atoms with Crippen LogP contribution in [0.15, 0.2) is 0 Å². The molecule has 3 rings (SSSR count). The molecule has 78 valence electrons. The average molecular weight is 199 g/mol. The topological polar surface area (TPSA) is 64.6 Å². The first kappa shape index (κ1) is 9.30. The van der Waals surface area contributed by atoms with Crippen molar-refractivity contribution in [2.75, 3.05) is 14.2 Å². The fraction of sp³-hybridized carbons (Fsp3) is 0.778. The molecule has 3 aliphatic rings. The Morgan fingerprint density at radius 2 is 1.71 bits per heavy atom. The fourth-order valence-corrected chi connectivity index (χ4v) is 2.62. The first-order chi connectivity index (χ1) is 6.56. The summed E-state index contributed by atoms with van der Waals surface area (Å²) in [6.07, 6.45) is 1.62. The van der Waals surface area contributed by atoms with Crippen molar-refractivity contribution >= 4 is 12.1 Å². The zero-order valence-corrected chi connectivity index (χ0v) is 8.25. The lowest BCUT2D eigenvalue weighted by Gasteiger charge is -2.67. The molecule has 1 N–H and O–H groups in total. The largest absolute Gasteiger partial charge is 0.469 e. The number of hydrogen-bond acceptors (Lipinski definition) is 4. The van der Waals surface area contributed by atoms with E-state index in [9.17, 15) is 9.59 Å². The third kappa shape index (κ3) is 1.01. The smallest absolute Gasteiger partial charge is 0.407 e. The van der Waals surface area contributed by atoms with Crippen LogP contribution in [0.1, 0.15) is 19.3 Å². The summed E-state index contributed by atoms with van der Waals surface area (Å²) < 4.78 is 9.19. The van der Waals surface area contributed by atoms with Gasteiger partial charge >= 0.3 is 12.1 Å². The van der Waals surface area contributed by atoms with E-state index in [1.165, 1.54) is 14.2 Å². The highest BCUT2D eigenvalue weighted by Gasteiger charge is 2.73. The highest BCUT2D eigenvalue weighted by atomic mass is 16.5. The quantitative estimate of drug-likeness (QED) is 0.655. The van der Waals surface area contributed by atoms with Crippen LogP contribution >= 0.6 is 0 Å². The maximum atomic E-state index is 11.3. The summed E-state index contributed by atoms with van der Waals surface area (Å²) in [5, 5.41) is 2.74. The minimum Gasteiger partial charge on any atom is -0.469 e. The van der Waals surface area contributed by atoms with E-state index in [1.807, 2.05) is 0 Å². The van der Waals surface area contributed by atoms with Crippen LogP contribution in [0, 0.1) is 5.41 Å². The standard InChI is InChI=1S/C9H13NO4/c1-13-6(11)8-3-9(4-8,5-8)10-7(12)14-2/h3-5H2,1-2H3,(H,10,12). The Hall–Kier alpha value is -1.26. The Kier molecular flexibility index (Phi) is 1.74. The number of ether oxygens (including phenoxy) is 2. The third-order valence-corrected chi connectivity index (χ3v) is 3.20. The molecule has 0 spiro atoms. The molecule has 5 nitrogen and oxygen atoms in total. The molecule has 0 saturated heterocycles. The zero-order valence-electron chi connectivity index (χ0n) is 8.25. The summed E-state index contributed by atoms with van der Waals surface area (Å²) in [4.78, 5) is 22.2. The lowest BCUT2D eigenvalue weighted by atomic mass is 9.39. The van der Waals surface area contributed by atoms with Crippen LogP contribution in [0.2, 0.25) is 0 Å². The van der Waals surface area contributed by atoms with Crippen molar-refractivity contribution in [2.45, 2.75) is 24.8 Å². The Labute approximate surface area is 81.7 Å². The van der Waals surface area contributed by atoms with Crippen LogP contribution in [-0.4, -0.2) is 31.8 Å². The van der Waals surface area contributed by atoms with Gasteiger partial charge in [-0.15, -0.1) is 0 Å². The molecule has 1 amide bonds. The van der Waals surface area contributed by atoms with Crippen LogP contribution in [0.4, 0.5) is 4.79 Å². The van der Waals surface area contributed by atoms with Crippen LogP contribution < -0.4 is 5.32 Å². The fourth-order valence-electron chi connectivity index (χ4n) is 2.62. The van der Waals surface area contributed by atoms with E-state index >= 15 is 0 Å². The van der Waals surface area contributed by atoms with E-state index in [-0.39, 0.29) is 16.9 Å². The van der Waals surface area contributed by atoms with Gasteiger partial charge in [-0.05, 0) is 19.3 Å². The Morgan fingerprint density at radius 1 is 1.14 bits per heavy atom. The van der Waals surface area contributed by atoms with Crippen molar-refractivity contribution in [3.63, 3.8) is 0 Å². The van der Waals surface area contributed by atoms with Gasteiger partial charge < -0.3 is 14.8 Å². The Bertz CT molecular complexity index is 279. The molecule has 3 saturated carbocycles. The van der Waals surface area contributed by atoms with Crippen molar-refractivity contribution < 1.29 is 19.1 Å². The number of nitrogens with one attached hydrogen (secondary N) is 1. The minimum atomic E-state index is -0.428. The molecular weight excluding hydrogens is 186 g/mol. The van der Waals surface area contributed by atoms with Gasteiger partial charge in [-0.2, -0.15) is 0 Å². The summed E-state index contributed by atoms with van der Waals surface area (Å²) in [5.41, 5.74) is -0.503. The van der Waals surface area contributed by atoms with Gasteiger partial charge in [0, 0.05) is 5.54 Å². The van der Waals surface area contributed by atoms with E-state index < -0.39 is 6.09 Å². The lowest BCUT2D eigenvalue weighted by Crippen LogP contribution is -2.77. The number of rotatable bonds is 2. The lowest BCUT2D eigenvalue weighted by molar-refractivity contribution is -0.200. The molecule has 0 atom stereocenters. The van der Waals surface area contributed by atoms with Crippen molar-refractivity contribution in [3.8, 4) is 0 Å². The predicted molar refractivity (Wildman–Crippen MR) is 46.6 cm³/mol. The number of esters is 1. The molecule has 0 radical (unpaired) electrons. The molecule has 3 fully saturated rings. The number of alkyl carbamates (subject to hydrolysis) is 1. The summed E-state index contributed by atoms with van der Waals surface area (Å²) >= 11 is 0. The molecule has 0 aromatic heterocycles. The summed E-state index contributed by atoms with van der Waals surface area (Å²) in [6, 6.07) is 0.